The van der Waals surface area contributed by atoms with Gasteiger partial charge in [0.2, 0.25) is 0 Å². The topological polar surface area (TPSA) is 48.3 Å². The summed E-state index contributed by atoms with van der Waals surface area (Å²) in [6.45, 7) is 5.65. The molecule has 1 heterocycles. The van der Waals surface area contributed by atoms with Crippen LogP contribution in [0.25, 0.3) is 0 Å². The number of aromatic nitrogens is 2. The predicted molar refractivity (Wildman–Crippen MR) is 124 cm³/mol. The van der Waals surface area contributed by atoms with Gasteiger partial charge in [-0.2, -0.15) is 5.10 Å². The Labute approximate surface area is 185 Å². The molecule has 5 nitrogen and oxygen atoms in total. The first-order valence-corrected chi connectivity index (χ1v) is 11.1. The first-order valence-electron chi connectivity index (χ1n) is 11.1. The van der Waals surface area contributed by atoms with Gasteiger partial charge in [-0.3, -0.25) is 4.68 Å². The molecule has 0 aliphatic heterocycles. The molecule has 1 fully saturated rings. The largest absolute Gasteiger partial charge is 0.497 e. The van der Waals surface area contributed by atoms with Gasteiger partial charge in [-0.25, -0.2) is 0 Å². The number of nitrogens with zero attached hydrogens (tertiary/aromatic N) is 2. The number of rotatable bonds is 8. The molecule has 0 bridgehead atoms. The molecule has 2 aromatic carbocycles. The Bertz CT molecular complexity index is 1020. The fraction of sp³-hybridized carbons (Fsp3) is 0.423. The van der Waals surface area contributed by atoms with Gasteiger partial charge in [-0.05, 0) is 68.1 Å². The van der Waals surface area contributed by atoms with Gasteiger partial charge >= 0.3 is 0 Å². The molecule has 1 saturated carbocycles. The molecular formula is C26H33N3O2. The van der Waals surface area contributed by atoms with Crippen molar-refractivity contribution in [3.63, 3.8) is 0 Å². The maximum Gasteiger partial charge on any atom is 0.123 e. The van der Waals surface area contributed by atoms with Gasteiger partial charge in [0.25, 0.3) is 0 Å². The summed E-state index contributed by atoms with van der Waals surface area (Å²) in [5.41, 5.74) is 5.99. The lowest BCUT2D eigenvalue weighted by atomic mass is 9.87. The van der Waals surface area contributed by atoms with Crippen molar-refractivity contribution in [3.8, 4) is 11.5 Å². The van der Waals surface area contributed by atoms with Crippen molar-refractivity contribution in [2.75, 3.05) is 14.2 Å². The normalized spacial score (nSPS) is 15.2. The second-order valence-electron chi connectivity index (χ2n) is 8.60. The first-order chi connectivity index (χ1) is 15.0. The molecule has 0 radical (unpaired) electrons. The minimum atomic E-state index is 0.0298. The summed E-state index contributed by atoms with van der Waals surface area (Å²) >= 11 is 0. The van der Waals surface area contributed by atoms with Crippen LogP contribution in [0.1, 0.15) is 53.8 Å². The lowest BCUT2D eigenvalue weighted by molar-refractivity contribution is 0.337. The molecule has 0 atom stereocenters. The van der Waals surface area contributed by atoms with E-state index >= 15 is 0 Å². The van der Waals surface area contributed by atoms with E-state index in [0.717, 1.165) is 47.8 Å². The van der Waals surface area contributed by atoms with Gasteiger partial charge in [0, 0.05) is 23.3 Å². The molecule has 0 unspecified atom stereocenters. The van der Waals surface area contributed by atoms with Crippen LogP contribution < -0.4 is 14.8 Å². The van der Waals surface area contributed by atoms with Crippen LogP contribution in [0.2, 0.25) is 0 Å². The van der Waals surface area contributed by atoms with E-state index in [9.17, 15) is 0 Å². The molecule has 0 spiro atoms. The first kappa shape index (κ1) is 21.4. The van der Waals surface area contributed by atoms with Crippen LogP contribution in [0.15, 0.2) is 48.5 Å². The fourth-order valence-electron chi connectivity index (χ4n) is 4.79. The van der Waals surface area contributed by atoms with Gasteiger partial charge < -0.3 is 14.8 Å². The number of aryl methyl sites for hydroxylation is 2. The number of hydrogen-bond acceptors (Lipinski definition) is 4. The Morgan fingerprint density at radius 3 is 2.32 bits per heavy atom. The van der Waals surface area contributed by atoms with Crippen LogP contribution >= 0.6 is 0 Å². The van der Waals surface area contributed by atoms with Crippen LogP contribution in [0.5, 0.6) is 11.5 Å². The number of methoxy groups -OCH3 is 2. The van der Waals surface area contributed by atoms with Crippen LogP contribution in [0, 0.1) is 13.8 Å². The van der Waals surface area contributed by atoms with E-state index in [1.165, 1.54) is 24.0 Å². The molecule has 4 rings (SSSR count). The maximum absolute atomic E-state index is 5.63. The van der Waals surface area contributed by atoms with E-state index in [2.05, 4.69) is 65.9 Å². The van der Waals surface area contributed by atoms with Crippen LogP contribution in [-0.4, -0.2) is 24.0 Å². The Morgan fingerprint density at radius 2 is 1.71 bits per heavy atom. The standard InChI is InChI=1S/C26H33N3O2/c1-19-15-20(2)29(28-19)18-22-16-21(7-12-25(22)31-4)17-27-26(13-5-6-14-26)23-8-10-24(30-3)11-9-23/h7-12,15-16,27H,5-6,13-14,17-18H2,1-4H3. The van der Waals surface area contributed by atoms with E-state index in [1.807, 2.05) is 11.6 Å². The molecule has 1 aromatic heterocycles. The van der Waals surface area contributed by atoms with E-state index in [0.29, 0.717) is 6.54 Å². The summed E-state index contributed by atoms with van der Waals surface area (Å²) in [4.78, 5) is 0. The minimum absolute atomic E-state index is 0.0298. The van der Waals surface area contributed by atoms with Gasteiger partial charge in [0.05, 0.1) is 26.5 Å². The van der Waals surface area contributed by atoms with Crippen molar-refractivity contribution in [2.24, 2.45) is 0 Å². The third kappa shape index (κ3) is 4.62. The zero-order valence-corrected chi connectivity index (χ0v) is 19.1. The highest BCUT2D eigenvalue weighted by molar-refractivity contribution is 5.38. The number of benzene rings is 2. The lowest BCUT2D eigenvalue weighted by Gasteiger charge is -2.31. The second kappa shape index (κ2) is 9.15. The monoisotopic (exact) mass is 419 g/mol. The Morgan fingerprint density at radius 1 is 0.968 bits per heavy atom. The van der Waals surface area contributed by atoms with Crippen LogP contribution in [0.4, 0.5) is 0 Å². The van der Waals surface area contributed by atoms with Crippen LogP contribution in [-0.2, 0) is 18.6 Å². The summed E-state index contributed by atoms with van der Waals surface area (Å²) in [6, 6.07) is 17.1. The summed E-state index contributed by atoms with van der Waals surface area (Å²) in [7, 11) is 3.45. The fourth-order valence-corrected chi connectivity index (χ4v) is 4.79. The van der Waals surface area contributed by atoms with Crippen molar-refractivity contribution < 1.29 is 9.47 Å². The lowest BCUT2D eigenvalue weighted by Crippen LogP contribution is -2.39. The van der Waals surface area contributed by atoms with Gasteiger partial charge in [0.1, 0.15) is 11.5 Å². The molecular weight excluding hydrogens is 386 g/mol. The summed E-state index contributed by atoms with van der Waals surface area (Å²) < 4.78 is 13.0. The van der Waals surface area contributed by atoms with Crippen molar-refractivity contribution in [3.05, 3.63) is 76.6 Å². The van der Waals surface area contributed by atoms with Gasteiger partial charge in [-0.1, -0.05) is 31.0 Å². The molecule has 0 amide bonds. The van der Waals surface area contributed by atoms with Gasteiger partial charge in [-0.15, -0.1) is 0 Å². The van der Waals surface area contributed by atoms with E-state index in [-0.39, 0.29) is 5.54 Å². The Balaban J connectivity index is 1.54. The van der Waals surface area contributed by atoms with Crippen molar-refractivity contribution in [2.45, 2.75) is 58.2 Å². The third-order valence-corrected chi connectivity index (χ3v) is 6.50. The molecule has 5 heteroatoms. The molecule has 1 aliphatic carbocycles. The number of ether oxygens (including phenoxy) is 2. The van der Waals surface area contributed by atoms with E-state index in [1.54, 1.807) is 14.2 Å². The Hall–Kier alpha value is -2.79. The molecule has 1 aliphatic rings. The van der Waals surface area contributed by atoms with Crippen molar-refractivity contribution >= 4 is 0 Å². The Kier molecular flexibility index (Phi) is 6.33. The minimum Gasteiger partial charge on any atom is -0.497 e. The highest BCUT2D eigenvalue weighted by Crippen LogP contribution is 2.39. The maximum atomic E-state index is 5.63. The summed E-state index contributed by atoms with van der Waals surface area (Å²) in [5, 5.41) is 8.52. The molecule has 31 heavy (non-hydrogen) atoms. The van der Waals surface area contributed by atoms with Crippen molar-refractivity contribution in [1.29, 1.82) is 0 Å². The summed E-state index contributed by atoms with van der Waals surface area (Å²) in [5.74, 6) is 1.81. The molecule has 1 N–H and O–H groups in total. The smallest absolute Gasteiger partial charge is 0.123 e. The third-order valence-electron chi connectivity index (χ3n) is 6.50. The van der Waals surface area contributed by atoms with Crippen molar-refractivity contribution in [1.82, 2.24) is 15.1 Å². The second-order valence-corrected chi connectivity index (χ2v) is 8.60. The van der Waals surface area contributed by atoms with Gasteiger partial charge in [0.15, 0.2) is 0 Å². The molecule has 3 aromatic rings. The predicted octanol–water partition coefficient (Wildman–Crippen LogP) is 5.12. The SMILES string of the molecule is COc1ccc(C2(NCc3ccc(OC)c(Cn4nc(C)cc4C)c3)CCCC2)cc1. The average Bonchev–Trinajstić information content (AvgIpc) is 3.39. The van der Waals surface area contributed by atoms with Crippen LogP contribution in [0.3, 0.4) is 0 Å². The highest BCUT2D eigenvalue weighted by atomic mass is 16.5. The quantitative estimate of drug-likeness (QED) is 0.550. The van der Waals surface area contributed by atoms with E-state index in [4.69, 9.17) is 9.47 Å². The zero-order chi connectivity index (χ0) is 21.8. The number of hydrogen-bond donors (Lipinski definition) is 1. The zero-order valence-electron chi connectivity index (χ0n) is 19.1. The highest BCUT2D eigenvalue weighted by Gasteiger charge is 2.35. The summed E-state index contributed by atoms with van der Waals surface area (Å²) in [6.07, 6.45) is 4.83. The molecule has 0 saturated heterocycles. The average molecular weight is 420 g/mol. The van der Waals surface area contributed by atoms with E-state index < -0.39 is 0 Å². The molecule has 164 valence electrons. The number of nitrogens with one attached hydrogen (secondary N) is 1.